The maximum absolute atomic E-state index is 14.0. The topological polar surface area (TPSA) is 44.7 Å². The van der Waals surface area contributed by atoms with Crippen LogP contribution in [0.4, 0.5) is 8.78 Å². The number of amidine groups is 1. The zero-order valence-corrected chi connectivity index (χ0v) is 19.2. The van der Waals surface area contributed by atoms with Crippen LogP contribution >= 0.6 is 0 Å². The van der Waals surface area contributed by atoms with Gasteiger partial charge in [-0.25, -0.2) is 8.78 Å². The van der Waals surface area contributed by atoms with Crippen LogP contribution < -0.4 is 5.32 Å². The van der Waals surface area contributed by atoms with Crippen molar-refractivity contribution in [3.8, 4) is 0 Å². The minimum Gasteiger partial charge on any atom is -0.296 e. The summed E-state index contributed by atoms with van der Waals surface area (Å²) >= 11 is 0. The molecule has 0 bridgehead atoms. The van der Waals surface area contributed by atoms with Gasteiger partial charge in [0.2, 0.25) is 0 Å². The summed E-state index contributed by atoms with van der Waals surface area (Å²) in [4.78, 5) is 19.0. The molecule has 6 heteroatoms. The molecule has 0 fully saturated rings. The van der Waals surface area contributed by atoms with Gasteiger partial charge in [0, 0.05) is 31.1 Å². The fraction of sp³-hybridized carbons (Fsp3) is 0.440. The van der Waals surface area contributed by atoms with E-state index >= 15 is 0 Å². The quantitative estimate of drug-likeness (QED) is 0.204. The van der Waals surface area contributed by atoms with Crippen LogP contribution in [0.2, 0.25) is 0 Å². The Morgan fingerprint density at radius 1 is 1.32 bits per heavy atom. The van der Waals surface area contributed by atoms with Gasteiger partial charge in [0.1, 0.15) is 17.5 Å². The van der Waals surface area contributed by atoms with Gasteiger partial charge < -0.3 is 0 Å². The molecule has 0 saturated carbocycles. The molecule has 31 heavy (non-hydrogen) atoms. The van der Waals surface area contributed by atoms with Crippen LogP contribution in [0.3, 0.4) is 0 Å². The number of carbonyl (C=O) groups is 1. The van der Waals surface area contributed by atoms with Crippen LogP contribution in [0.5, 0.6) is 0 Å². The first kappa shape index (κ1) is 26.4. The normalized spacial score (nSPS) is 13.1. The lowest BCUT2D eigenvalue weighted by atomic mass is 10.0. The molecule has 4 nitrogen and oxygen atoms in total. The van der Waals surface area contributed by atoms with Crippen molar-refractivity contribution >= 4 is 11.7 Å². The summed E-state index contributed by atoms with van der Waals surface area (Å²) < 4.78 is 27.1. The van der Waals surface area contributed by atoms with Gasteiger partial charge >= 0.3 is 0 Å². The summed E-state index contributed by atoms with van der Waals surface area (Å²) in [6, 6.07) is 3.63. The number of hydrogen-bond acceptors (Lipinski definition) is 3. The number of aliphatic imine (C=N–C) groups is 1. The van der Waals surface area contributed by atoms with Gasteiger partial charge in [0.05, 0.1) is 6.67 Å². The van der Waals surface area contributed by atoms with Crippen LogP contribution in [0.15, 0.2) is 59.6 Å². The molecular formula is C25H35F2N3O. The van der Waals surface area contributed by atoms with Crippen molar-refractivity contribution in [3.05, 3.63) is 71.9 Å². The van der Waals surface area contributed by atoms with E-state index in [2.05, 4.69) is 30.4 Å². The highest BCUT2D eigenvalue weighted by molar-refractivity contribution is 6.11. The SMILES string of the molecule is C=CCCC(CCC)NC/N=C(\C(C)=C/C)N(C)C(=O)C(=C)Cc1ccc(F)cc1F. The number of carbonyl (C=O) groups excluding carboxylic acids is 1. The van der Waals surface area contributed by atoms with Crippen molar-refractivity contribution in [2.24, 2.45) is 4.99 Å². The van der Waals surface area contributed by atoms with Gasteiger partial charge in [-0.1, -0.05) is 38.1 Å². The predicted molar refractivity (Wildman–Crippen MR) is 125 cm³/mol. The van der Waals surface area contributed by atoms with E-state index in [1.165, 1.54) is 17.0 Å². The Morgan fingerprint density at radius 2 is 2.03 bits per heavy atom. The molecule has 0 aromatic heterocycles. The summed E-state index contributed by atoms with van der Waals surface area (Å²) in [7, 11) is 1.63. The molecule has 170 valence electrons. The fourth-order valence-corrected chi connectivity index (χ4v) is 3.19. The number of rotatable bonds is 12. The van der Waals surface area contributed by atoms with E-state index in [9.17, 15) is 13.6 Å². The second kappa shape index (κ2) is 13.7. The standard InChI is InChI=1S/C25H35F2N3O/c1-7-10-12-22(11-8-2)28-17-29-24(18(4)9-3)30(6)25(31)19(5)15-20-13-14-21(26)16-23(20)27/h7,9,13-14,16,22,28H,1,5,8,10-12,15,17H2,2-4,6H3/b18-9-,29-24+. The lowest BCUT2D eigenvalue weighted by Crippen LogP contribution is -2.37. The molecule has 1 aromatic rings. The maximum atomic E-state index is 14.0. The monoisotopic (exact) mass is 431 g/mol. The molecule has 0 spiro atoms. The van der Waals surface area contributed by atoms with Crippen LogP contribution in [0.1, 0.15) is 52.0 Å². The largest absolute Gasteiger partial charge is 0.296 e. The van der Waals surface area contributed by atoms with E-state index in [4.69, 9.17) is 0 Å². The average Bonchev–Trinajstić information content (AvgIpc) is 2.75. The molecule has 1 unspecified atom stereocenters. The van der Waals surface area contributed by atoms with Crippen LogP contribution in [0, 0.1) is 11.6 Å². The van der Waals surface area contributed by atoms with Gasteiger partial charge in [-0.15, -0.1) is 6.58 Å². The summed E-state index contributed by atoms with van der Waals surface area (Å²) in [5, 5.41) is 3.43. The number of allylic oxidation sites excluding steroid dienone is 2. The van der Waals surface area contributed by atoms with Crippen LogP contribution in [-0.2, 0) is 11.2 Å². The van der Waals surface area contributed by atoms with E-state index in [1.807, 2.05) is 26.0 Å². The van der Waals surface area contributed by atoms with Gasteiger partial charge in [0.25, 0.3) is 5.91 Å². The second-order valence-corrected chi connectivity index (χ2v) is 7.55. The van der Waals surface area contributed by atoms with Crippen LogP contribution in [-0.4, -0.2) is 36.4 Å². The number of hydrogen-bond donors (Lipinski definition) is 1. The summed E-state index contributed by atoms with van der Waals surface area (Å²) in [5.41, 5.74) is 1.27. The minimum absolute atomic E-state index is 0.00414. The van der Waals surface area contributed by atoms with E-state index in [1.54, 1.807) is 7.05 Å². The Bertz CT molecular complexity index is 830. The Labute approximate surface area is 185 Å². The van der Waals surface area contributed by atoms with Gasteiger partial charge in [0.15, 0.2) is 0 Å². The molecule has 0 aliphatic heterocycles. The Balaban J connectivity index is 2.91. The number of likely N-dealkylation sites (N-methyl/N-ethyl adjacent to an activating group) is 1. The fourth-order valence-electron chi connectivity index (χ4n) is 3.19. The minimum atomic E-state index is -0.694. The van der Waals surface area contributed by atoms with Crippen molar-refractivity contribution in [1.82, 2.24) is 10.2 Å². The molecule has 1 amide bonds. The number of benzene rings is 1. The Morgan fingerprint density at radius 3 is 2.61 bits per heavy atom. The van der Waals surface area contributed by atoms with E-state index in [0.29, 0.717) is 18.5 Å². The van der Waals surface area contributed by atoms with E-state index < -0.39 is 11.6 Å². The number of nitrogens with one attached hydrogen (secondary N) is 1. The average molecular weight is 432 g/mol. The van der Waals surface area contributed by atoms with Crippen molar-refractivity contribution in [1.29, 1.82) is 0 Å². The molecule has 1 atom stereocenters. The van der Waals surface area contributed by atoms with Crippen molar-refractivity contribution in [2.75, 3.05) is 13.7 Å². The molecule has 1 N–H and O–H groups in total. The summed E-state index contributed by atoms with van der Waals surface area (Å²) in [5.74, 6) is -1.18. The molecular weight excluding hydrogens is 396 g/mol. The summed E-state index contributed by atoms with van der Waals surface area (Å²) in [6.45, 7) is 13.9. The van der Waals surface area contributed by atoms with Crippen molar-refractivity contribution in [2.45, 2.75) is 58.9 Å². The molecule has 1 rings (SSSR count). The molecule has 0 aliphatic carbocycles. The van der Waals surface area contributed by atoms with Gasteiger partial charge in [-0.3, -0.25) is 20.0 Å². The first-order chi connectivity index (χ1) is 14.7. The number of halogens is 2. The second-order valence-electron chi connectivity index (χ2n) is 7.55. The van der Waals surface area contributed by atoms with E-state index in [0.717, 1.165) is 37.3 Å². The highest BCUT2D eigenvalue weighted by Gasteiger charge is 2.20. The zero-order valence-electron chi connectivity index (χ0n) is 19.2. The molecule has 0 heterocycles. The highest BCUT2D eigenvalue weighted by atomic mass is 19.1. The first-order valence-electron chi connectivity index (χ1n) is 10.7. The third-order valence-corrected chi connectivity index (χ3v) is 5.09. The lowest BCUT2D eigenvalue weighted by Gasteiger charge is -2.22. The predicted octanol–water partition coefficient (Wildman–Crippen LogP) is 5.57. The Hall–Kier alpha value is -2.60. The first-order valence-corrected chi connectivity index (χ1v) is 10.7. The molecule has 0 aliphatic rings. The lowest BCUT2D eigenvalue weighted by molar-refractivity contribution is -0.122. The smallest absolute Gasteiger partial charge is 0.254 e. The van der Waals surface area contributed by atoms with Crippen molar-refractivity contribution < 1.29 is 13.6 Å². The Kier molecular flexibility index (Phi) is 11.6. The summed E-state index contributed by atoms with van der Waals surface area (Å²) in [6.07, 6.45) is 7.81. The van der Waals surface area contributed by atoms with Gasteiger partial charge in [-0.05, 0) is 50.3 Å². The number of nitrogens with zero attached hydrogens (tertiary/aromatic N) is 2. The molecule has 1 aromatic carbocycles. The third kappa shape index (κ3) is 8.58. The highest BCUT2D eigenvalue weighted by Crippen LogP contribution is 2.16. The number of amides is 1. The van der Waals surface area contributed by atoms with E-state index in [-0.39, 0.29) is 23.5 Å². The third-order valence-electron chi connectivity index (χ3n) is 5.09. The zero-order chi connectivity index (χ0) is 23.4. The molecule has 0 saturated heterocycles. The maximum Gasteiger partial charge on any atom is 0.254 e. The van der Waals surface area contributed by atoms with Crippen LogP contribution in [0.25, 0.3) is 0 Å². The van der Waals surface area contributed by atoms with Gasteiger partial charge in [-0.2, -0.15) is 0 Å². The molecule has 0 radical (unpaired) electrons. The van der Waals surface area contributed by atoms with Crippen molar-refractivity contribution in [3.63, 3.8) is 0 Å².